The monoisotopic (exact) mass is 274 g/mol. The van der Waals surface area contributed by atoms with Crippen molar-refractivity contribution in [3.8, 4) is 5.75 Å². The van der Waals surface area contributed by atoms with Gasteiger partial charge in [-0.15, -0.1) is 0 Å². The number of aryl methyl sites for hydroxylation is 1. The molecule has 0 unspecified atom stereocenters. The Labute approximate surface area is 116 Å². The van der Waals surface area contributed by atoms with Gasteiger partial charge in [0.2, 0.25) is 0 Å². The van der Waals surface area contributed by atoms with E-state index in [9.17, 15) is 9.18 Å². The van der Waals surface area contributed by atoms with Gasteiger partial charge < -0.3 is 10.0 Å². The van der Waals surface area contributed by atoms with Crippen LogP contribution in [0.3, 0.4) is 0 Å². The molecule has 1 aromatic heterocycles. The van der Waals surface area contributed by atoms with Crippen LogP contribution in [0, 0.1) is 12.7 Å². The molecule has 0 aliphatic heterocycles. The van der Waals surface area contributed by atoms with Crippen molar-refractivity contribution in [1.82, 2.24) is 9.88 Å². The lowest BCUT2D eigenvalue weighted by Gasteiger charge is -2.18. The van der Waals surface area contributed by atoms with Gasteiger partial charge in [-0.25, -0.2) is 4.39 Å². The second-order valence-corrected chi connectivity index (χ2v) is 4.63. The average molecular weight is 274 g/mol. The summed E-state index contributed by atoms with van der Waals surface area (Å²) in [7, 11) is 1.60. The lowest BCUT2D eigenvalue weighted by Crippen LogP contribution is -2.27. The molecule has 2 aromatic rings. The highest BCUT2D eigenvalue weighted by Crippen LogP contribution is 2.17. The predicted octanol–water partition coefficient (Wildman–Crippen LogP) is 2.51. The van der Waals surface area contributed by atoms with Gasteiger partial charge in [0.15, 0.2) is 0 Å². The Morgan fingerprint density at radius 2 is 2.10 bits per heavy atom. The van der Waals surface area contributed by atoms with E-state index in [4.69, 9.17) is 5.11 Å². The van der Waals surface area contributed by atoms with E-state index in [0.29, 0.717) is 6.54 Å². The van der Waals surface area contributed by atoms with Crippen molar-refractivity contribution >= 4 is 5.91 Å². The number of phenolic OH excluding ortho intramolecular Hbond substituents is 1. The number of amides is 1. The van der Waals surface area contributed by atoms with Crippen LogP contribution < -0.4 is 0 Å². The van der Waals surface area contributed by atoms with E-state index < -0.39 is 11.7 Å². The van der Waals surface area contributed by atoms with E-state index >= 15 is 0 Å². The number of carbonyl (C=O) groups is 1. The molecule has 20 heavy (non-hydrogen) atoms. The molecule has 0 aliphatic carbocycles. The lowest BCUT2D eigenvalue weighted by atomic mass is 10.1. The van der Waals surface area contributed by atoms with Crippen LogP contribution in [0.2, 0.25) is 0 Å². The van der Waals surface area contributed by atoms with Gasteiger partial charge in [0, 0.05) is 31.5 Å². The van der Waals surface area contributed by atoms with E-state index in [-0.39, 0.29) is 11.3 Å². The van der Waals surface area contributed by atoms with E-state index in [2.05, 4.69) is 4.98 Å². The Hall–Kier alpha value is -2.43. The van der Waals surface area contributed by atoms with Gasteiger partial charge in [0.25, 0.3) is 5.91 Å². The fourth-order valence-electron chi connectivity index (χ4n) is 1.93. The molecule has 4 nitrogen and oxygen atoms in total. The third-order valence-corrected chi connectivity index (χ3v) is 2.91. The van der Waals surface area contributed by atoms with Crippen molar-refractivity contribution in [1.29, 1.82) is 0 Å². The molecule has 0 bridgehead atoms. The van der Waals surface area contributed by atoms with E-state index in [0.717, 1.165) is 17.3 Å². The molecule has 1 heterocycles. The topological polar surface area (TPSA) is 53.4 Å². The second-order valence-electron chi connectivity index (χ2n) is 4.63. The summed E-state index contributed by atoms with van der Waals surface area (Å²) in [6, 6.07) is 7.18. The lowest BCUT2D eigenvalue weighted by molar-refractivity contribution is 0.0780. The quantitative estimate of drug-likeness (QED) is 0.935. The Morgan fingerprint density at radius 1 is 1.35 bits per heavy atom. The number of phenols is 1. The first-order valence-corrected chi connectivity index (χ1v) is 6.13. The van der Waals surface area contributed by atoms with Gasteiger partial charge in [-0.05, 0) is 36.8 Å². The smallest absolute Gasteiger partial charge is 0.256 e. The Kier molecular flexibility index (Phi) is 3.98. The first-order chi connectivity index (χ1) is 9.47. The van der Waals surface area contributed by atoms with Gasteiger partial charge in [0.1, 0.15) is 11.6 Å². The Morgan fingerprint density at radius 3 is 2.75 bits per heavy atom. The fraction of sp³-hybridized carbons (Fsp3) is 0.200. The third kappa shape index (κ3) is 3.12. The molecule has 0 fully saturated rings. The molecule has 0 spiro atoms. The van der Waals surface area contributed by atoms with Crippen LogP contribution in [0.25, 0.3) is 0 Å². The molecule has 0 saturated carbocycles. The summed E-state index contributed by atoms with van der Waals surface area (Å²) in [5.41, 5.74) is 1.72. The number of hydrogen-bond donors (Lipinski definition) is 1. The summed E-state index contributed by atoms with van der Waals surface area (Å²) < 4.78 is 13.6. The van der Waals surface area contributed by atoms with Crippen LogP contribution in [0.5, 0.6) is 5.75 Å². The summed E-state index contributed by atoms with van der Waals surface area (Å²) in [4.78, 5) is 17.7. The zero-order valence-corrected chi connectivity index (χ0v) is 11.3. The Bertz CT molecular complexity index is 644. The normalized spacial score (nSPS) is 10.3. The largest absolute Gasteiger partial charge is 0.508 e. The second kappa shape index (κ2) is 5.69. The summed E-state index contributed by atoms with van der Waals surface area (Å²) in [5, 5.41) is 9.15. The minimum atomic E-state index is -0.729. The maximum absolute atomic E-state index is 13.6. The highest BCUT2D eigenvalue weighted by atomic mass is 19.1. The molecule has 1 amide bonds. The predicted molar refractivity (Wildman–Crippen MR) is 72.8 cm³/mol. The first-order valence-electron chi connectivity index (χ1n) is 6.13. The van der Waals surface area contributed by atoms with Crippen LogP contribution in [-0.4, -0.2) is 27.9 Å². The highest BCUT2D eigenvalue weighted by molar-refractivity contribution is 5.94. The van der Waals surface area contributed by atoms with Gasteiger partial charge in [-0.1, -0.05) is 0 Å². The summed E-state index contributed by atoms with van der Waals surface area (Å²) >= 11 is 0. The van der Waals surface area contributed by atoms with Crippen LogP contribution in [-0.2, 0) is 6.54 Å². The van der Waals surface area contributed by atoms with E-state index in [1.54, 1.807) is 13.2 Å². The number of halogens is 1. The van der Waals surface area contributed by atoms with Crippen LogP contribution in [0.1, 0.15) is 21.6 Å². The standard InChI is InChI=1S/C15H15FN2O2/c1-10-7-11(5-6-17-10)9-18(2)15(20)13-4-3-12(19)8-14(13)16/h3-8,19H,9H2,1-2H3. The number of hydrogen-bond acceptors (Lipinski definition) is 3. The fourth-order valence-corrected chi connectivity index (χ4v) is 1.93. The van der Waals surface area contributed by atoms with Gasteiger partial charge >= 0.3 is 0 Å². The van der Waals surface area contributed by atoms with Crippen molar-refractivity contribution in [2.45, 2.75) is 13.5 Å². The van der Waals surface area contributed by atoms with E-state index in [1.807, 2.05) is 19.1 Å². The highest BCUT2D eigenvalue weighted by Gasteiger charge is 2.16. The molecule has 1 aromatic carbocycles. The zero-order chi connectivity index (χ0) is 14.7. The molecule has 104 valence electrons. The van der Waals surface area contributed by atoms with Crippen molar-refractivity contribution in [2.75, 3.05) is 7.05 Å². The summed E-state index contributed by atoms with van der Waals surface area (Å²) in [6.45, 7) is 2.23. The van der Waals surface area contributed by atoms with Crippen LogP contribution in [0.4, 0.5) is 4.39 Å². The number of aromatic nitrogens is 1. The molecular weight excluding hydrogens is 259 g/mol. The summed E-state index contributed by atoms with van der Waals surface area (Å²) in [6.07, 6.45) is 1.67. The summed E-state index contributed by atoms with van der Waals surface area (Å²) in [5.74, 6) is -1.36. The number of nitrogens with zero attached hydrogens (tertiary/aromatic N) is 2. The minimum absolute atomic E-state index is 0.0592. The number of aromatic hydroxyl groups is 1. The number of rotatable bonds is 3. The Balaban J connectivity index is 2.16. The van der Waals surface area contributed by atoms with Crippen molar-refractivity contribution in [3.05, 3.63) is 59.2 Å². The van der Waals surface area contributed by atoms with Crippen LogP contribution >= 0.6 is 0 Å². The molecule has 5 heteroatoms. The van der Waals surface area contributed by atoms with Crippen molar-refractivity contribution in [2.24, 2.45) is 0 Å². The molecule has 0 aliphatic rings. The molecule has 1 N–H and O–H groups in total. The molecule has 2 rings (SSSR count). The average Bonchev–Trinajstić information content (AvgIpc) is 2.38. The van der Waals surface area contributed by atoms with E-state index in [1.165, 1.54) is 17.0 Å². The molecule has 0 atom stereocenters. The molecule has 0 saturated heterocycles. The maximum Gasteiger partial charge on any atom is 0.256 e. The van der Waals surface area contributed by atoms with Crippen molar-refractivity contribution in [3.63, 3.8) is 0 Å². The number of carbonyl (C=O) groups excluding carboxylic acids is 1. The molecular formula is C15H15FN2O2. The zero-order valence-electron chi connectivity index (χ0n) is 11.3. The third-order valence-electron chi connectivity index (χ3n) is 2.91. The first kappa shape index (κ1) is 14.0. The van der Waals surface area contributed by atoms with Gasteiger partial charge in [-0.2, -0.15) is 0 Å². The number of benzene rings is 1. The van der Waals surface area contributed by atoms with Gasteiger partial charge in [0.05, 0.1) is 5.56 Å². The number of pyridine rings is 1. The maximum atomic E-state index is 13.6. The van der Waals surface area contributed by atoms with Crippen LogP contribution in [0.15, 0.2) is 36.5 Å². The minimum Gasteiger partial charge on any atom is -0.508 e. The van der Waals surface area contributed by atoms with Gasteiger partial charge in [-0.3, -0.25) is 9.78 Å². The SMILES string of the molecule is Cc1cc(CN(C)C(=O)c2ccc(O)cc2F)ccn1. The molecule has 0 radical (unpaired) electrons. The van der Waals surface area contributed by atoms with Crippen molar-refractivity contribution < 1.29 is 14.3 Å².